The van der Waals surface area contributed by atoms with Crippen molar-refractivity contribution in [2.75, 3.05) is 5.73 Å². The minimum absolute atomic E-state index is 0.478. The molecule has 0 fully saturated rings. The topological polar surface area (TPSA) is 64.7 Å². The maximum atomic E-state index is 5.71. The molecular formula is C11H11BrN4. The zero-order valence-electron chi connectivity index (χ0n) is 8.81. The smallest absolute Gasteiger partial charge is 0.180 e. The molecule has 2 N–H and O–H groups in total. The molecule has 0 unspecified atom stereocenters. The van der Waals surface area contributed by atoms with E-state index >= 15 is 0 Å². The highest BCUT2D eigenvalue weighted by atomic mass is 79.9. The number of nitrogens with zero attached hydrogens (tertiary/aromatic N) is 3. The Hall–Kier alpha value is -1.49. The van der Waals surface area contributed by atoms with Crippen molar-refractivity contribution in [3.8, 4) is 11.5 Å². The van der Waals surface area contributed by atoms with Crippen LogP contribution in [0.3, 0.4) is 0 Å². The van der Waals surface area contributed by atoms with E-state index in [0.29, 0.717) is 11.6 Å². The van der Waals surface area contributed by atoms with Gasteiger partial charge in [0, 0.05) is 22.4 Å². The minimum atomic E-state index is 0.478. The van der Waals surface area contributed by atoms with E-state index in [1.807, 2.05) is 19.1 Å². The summed E-state index contributed by atoms with van der Waals surface area (Å²) in [7, 11) is 0. The first-order valence-corrected chi connectivity index (χ1v) is 5.73. The molecule has 82 valence electrons. The standard InChI is InChI=1S/C11H11BrN4/c1-2-8-5-10(13)16-11(15-8)9-4-3-7(12)6-14-9/h3-6H,2H2,1H3,(H2,13,15,16). The summed E-state index contributed by atoms with van der Waals surface area (Å²) in [6, 6.07) is 5.54. The van der Waals surface area contributed by atoms with Gasteiger partial charge in [0.1, 0.15) is 11.5 Å². The van der Waals surface area contributed by atoms with Crippen LogP contribution in [0.5, 0.6) is 0 Å². The average molecular weight is 279 g/mol. The van der Waals surface area contributed by atoms with Crippen LogP contribution in [0.4, 0.5) is 5.82 Å². The van der Waals surface area contributed by atoms with Gasteiger partial charge in [0.15, 0.2) is 5.82 Å². The van der Waals surface area contributed by atoms with Gasteiger partial charge in [-0.3, -0.25) is 4.98 Å². The summed E-state index contributed by atoms with van der Waals surface area (Å²) in [5, 5.41) is 0. The fraction of sp³-hybridized carbons (Fsp3) is 0.182. The van der Waals surface area contributed by atoms with Gasteiger partial charge < -0.3 is 5.73 Å². The van der Waals surface area contributed by atoms with Crippen molar-refractivity contribution in [1.82, 2.24) is 15.0 Å². The third-order valence-corrected chi connectivity index (χ3v) is 2.59. The zero-order valence-corrected chi connectivity index (χ0v) is 10.4. The largest absolute Gasteiger partial charge is 0.384 e. The van der Waals surface area contributed by atoms with Gasteiger partial charge in [-0.05, 0) is 34.5 Å². The molecule has 2 rings (SSSR count). The number of rotatable bonds is 2. The van der Waals surface area contributed by atoms with Crippen molar-refractivity contribution in [3.05, 3.63) is 34.6 Å². The molecule has 0 aliphatic carbocycles. The van der Waals surface area contributed by atoms with Crippen LogP contribution < -0.4 is 5.73 Å². The Morgan fingerprint density at radius 1 is 1.31 bits per heavy atom. The maximum Gasteiger partial charge on any atom is 0.180 e. The van der Waals surface area contributed by atoms with Gasteiger partial charge in [-0.15, -0.1) is 0 Å². The second kappa shape index (κ2) is 4.57. The number of nitrogens with two attached hydrogens (primary N) is 1. The van der Waals surface area contributed by atoms with Crippen molar-refractivity contribution in [2.24, 2.45) is 0 Å². The Morgan fingerprint density at radius 2 is 2.12 bits per heavy atom. The summed E-state index contributed by atoms with van der Waals surface area (Å²) >= 11 is 3.33. The molecule has 5 heteroatoms. The van der Waals surface area contributed by atoms with E-state index < -0.39 is 0 Å². The second-order valence-corrected chi connectivity index (χ2v) is 4.24. The van der Waals surface area contributed by atoms with Crippen LogP contribution >= 0.6 is 15.9 Å². The Morgan fingerprint density at radius 3 is 2.75 bits per heavy atom. The van der Waals surface area contributed by atoms with Gasteiger partial charge in [-0.1, -0.05) is 6.92 Å². The normalized spacial score (nSPS) is 10.4. The fourth-order valence-electron chi connectivity index (χ4n) is 1.32. The van der Waals surface area contributed by atoms with Crippen molar-refractivity contribution in [1.29, 1.82) is 0 Å². The molecule has 2 aromatic rings. The van der Waals surface area contributed by atoms with E-state index in [0.717, 1.165) is 22.3 Å². The number of pyridine rings is 1. The molecule has 0 aliphatic heterocycles. The highest BCUT2D eigenvalue weighted by Crippen LogP contribution is 2.17. The summed E-state index contributed by atoms with van der Waals surface area (Å²) in [5.74, 6) is 1.05. The SMILES string of the molecule is CCc1cc(N)nc(-c2ccc(Br)cn2)n1. The van der Waals surface area contributed by atoms with E-state index in [1.165, 1.54) is 0 Å². The van der Waals surface area contributed by atoms with Crippen LogP contribution in [-0.4, -0.2) is 15.0 Å². The van der Waals surface area contributed by atoms with E-state index in [9.17, 15) is 0 Å². The number of halogens is 1. The van der Waals surface area contributed by atoms with E-state index in [-0.39, 0.29) is 0 Å². The molecule has 0 aliphatic rings. The van der Waals surface area contributed by atoms with Gasteiger partial charge in [0.2, 0.25) is 0 Å². The molecule has 4 nitrogen and oxygen atoms in total. The predicted octanol–water partition coefficient (Wildman–Crippen LogP) is 2.45. The van der Waals surface area contributed by atoms with Crippen molar-refractivity contribution >= 4 is 21.7 Å². The zero-order chi connectivity index (χ0) is 11.5. The average Bonchev–Trinajstić information content (AvgIpc) is 2.29. The molecule has 0 saturated carbocycles. The first-order chi connectivity index (χ1) is 7.69. The van der Waals surface area contributed by atoms with Crippen LogP contribution in [-0.2, 0) is 6.42 Å². The van der Waals surface area contributed by atoms with E-state index in [1.54, 1.807) is 12.3 Å². The Kier molecular flexibility index (Phi) is 3.14. The lowest BCUT2D eigenvalue weighted by Crippen LogP contribution is -2.00. The lowest BCUT2D eigenvalue weighted by atomic mass is 10.3. The highest BCUT2D eigenvalue weighted by molar-refractivity contribution is 9.10. The lowest BCUT2D eigenvalue weighted by molar-refractivity contribution is 1.00. The van der Waals surface area contributed by atoms with Crippen LogP contribution in [0.25, 0.3) is 11.5 Å². The Balaban J connectivity index is 2.47. The van der Waals surface area contributed by atoms with Crippen molar-refractivity contribution in [3.63, 3.8) is 0 Å². The molecule has 0 radical (unpaired) electrons. The number of aromatic nitrogens is 3. The number of hydrogen-bond donors (Lipinski definition) is 1. The van der Waals surface area contributed by atoms with Crippen LogP contribution in [0.2, 0.25) is 0 Å². The molecule has 0 aromatic carbocycles. The summed E-state index contributed by atoms with van der Waals surface area (Å²) in [6.07, 6.45) is 2.55. The lowest BCUT2D eigenvalue weighted by Gasteiger charge is -2.03. The second-order valence-electron chi connectivity index (χ2n) is 3.32. The molecule has 0 spiro atoms. The van der Waals surface area contributed by atoms with Gasteiger partial charge >= 0.3 is 0 Å². The van der Waals surface area contributed by atoms with Crippen molar-refractivity contribution in [2.45, 2.75) is 13.3 Å². The van der Waals surface area contributed by atoms with Crippen LogP contribution in [0, 0.1) is 0 Å². The first kappa shape index (κ1) is 11.0. The molecule has 0 bridgehead atoms. The molecule has 0 amide bonds. The molecule has 16 heavy (non-hydrogen) atoms. The van der Waals surface area contributed by atoms with E-state index in [4.69, 9.17) is 5.73 Å². The number of aryl methyl sites for hydroxylation is 1. The first-order valence-electron chi connectivity index (χ1n) is 4.94. The van der Waals surface area contributed by atoms with Gasteiger partial charge in [0.25, 0.3) is 0 Å². The molecule has 0 atom stereocenters. The van der Waals surface area contributed by atoms with E-state index in [2.05, 4.69) is 30.9 Å². The summed E-state index contributed by atoms with van der Waals surface area (Å²) in [4.78, 5) is 12.8. The third kappa shape index (κ3) is 2.36. The number of nitrogen functional groups attached to an aromatic ring is 1. The Labute approximate surface area is 102 Å². The monoisotopic (exact) mass is 278 g/mol. The van der Waals surface area contributed by atoms with Crippen molar-refractivity contribution < 1.29 is 0 Å². The summed E-state index contributed by atoms with van der Waals surface area (Å²) in [6.45, 7) is 2.03. The number of hydrogen-bond acceptors (Lipinski definition) is 4. The van der Waals surface area contributed by atoms with Crippen LogP contribution in [0.1, 0.15) is 12.6 Å². The predicted molar refractivity (Wildman–Crippen MR) is 66.8 cm³/mol. The summed E-state index contributed by atoms with van der Waals surface area (Å²) < 4.78 is 0.927. The molecule has 2 aromatic heterocycles. The third-order valence-electron chi connectivity index (χ3n) is 2.12. The highest BCUT2D eigenvalue weighted by Gasteiger charge is 2.05. The minimum Gasteiger partial charge on any atom is -0.384 e. The van der Waals surface area contributed by atoms with Gasteiger partial charge in [0.05, 0.1) is 0 Å². The Bertz CT molecular complexity index is 496. The molecule has 0 saturated heterocycles. The fourth-order valence-corrected chi connectivity index (χ4v) is 1.56. The molecule has 2 heterocycles. The summed E-state index contributed by atoms with van der Waals surface area (Å²) in [5.41, 5.74) is 7.36. The van der Waals surface area contributed by atoms with Gasteiger partial charge in [-0.2, -0.15) is 0 Å². The molecular weight excluding hydrogens is 268 g/mol. The maximum absolute atomic E-state index is 5.71. The number of anilines is 1. The van der Waals surface area contributed by atoms with Crippen LogP contribution in [0.15, 0.2) is 28.9 Å². The van der Waals surface area contributed by atoms with Gasteiger partial charge in [-0.25, -0.2) is 9.97 Å². The quantitative estimate of drug-likeness (QED) is 0.917.